The van der Waals surface area contributed by atoms with Gasteiger partial charge in [-0.3, -0.25) is 9.78 Å². The number of H-pyrrole nitrogens is 2. The number of hydrogen-bond acceptors (Lipinski definition) is 4. The van der Waals surface area contributed by atoms with Crippen molar-refractivity contribution >= 4 is 34.0 Å². The summed E-state index contributed by atoms with van der Waals surface area (Å²) in [5, 5.41) is 4.24. The number of nitrogens with zero attached hydrogens (tertiary/aromatic N) is 3. The number of aromatic amines is 2. The monoisotopic (exact) mass is 343 g/mol. The van der Waals surface area contributed by atoms with Gasteiger partial charge < -0.3 is 4.98 Å². The van der Waals surface area contributed by atoms with E-state index in [2.05, 4.69) is 36.0 Å². The molecule has 98 valence electrons. The predicted octanol–water partition coefficient (Wildman–Crippen LogP) is 0.957. The number of aromatic nitrogens is 5. The molecule has 0 fully saturated rings. The number of halogens is 2. The van der Waals surface area contributed by atoms with Crippen LogP contribution in [0.5, 0.6) is 0 Å². The summed E-state index contributed by atoms with van der Waals surface area (Å²) in [4.78, 5) is 31.3. The molecule has 0 spiro atoms. The van der Waals surface area contributed by atoms with E-state index in [9.17, 15) is 9.59 Å². The van der Waals surface area contributed by atoms with E-state index in [1.807, 2.05) is 0 Å². The normalized spacial score (nSPS) is 10.4. The zero-order chi connectivity index (χ0) is 12.7. The average molecular weight is 345 g/mol. The molecule has 0 aliphatic heterocycles. The quantitative estimate of drug-likeness (QED) is 0.687. The fraction of sp³-hybridized carbons (Fsp3) is 0. The first kappa shape index (κ1) is 13.5. The van der Waals surface area contributed by atoms with E-state index in [0.717, 1.165) is 0 Å². The Morgan fingerprint density at radius 3 is 2.84 bits per heavy atom. The SMILES string of the molecule is Cl.O=c1[nH]cc(-c2cc(Br)c3nccn3n2)c(=O)[nH]1. The minimum absolute atomic E-state index is 0. The summed E-state index contributed by atoms with van der Waals surface area (Å²) in [6.07, 6.45) is 4.61. The lowest BCUT2D eigenvalue weighted by Gasteiger charge is -2.02. The standard InChI is InChI=1S/C10H6BrN5O2.ClH/c11-6-3-7(15-16-2-1-12-8(6)16)5-4-13-10(18)14-9(5)17;/h1-4H,(H2,13,14,17,18);1H. The van der Waals surface area contributed by atoms with Gasteiger partial charge in [0.15, 0.2) is 5.65 Å². The molecule has 9 heteroatoms. The molecule has 7 nitrogen and oxygen atoms in total. The maximum atomic E-state index is 11.7. The fourth-order valence-corrected chi connectivity index (χ4v) is 2.11. The summed E-state index contributed by atoms with van der Waals surface area (Å²) in [6.45, 7) is 0. The van der Waals surface area contributed by atoms with Gasteiger partial charge in [0.2, 0.25) is 0 Å². The molecule has 0 unspecified atom stereocenters. The Balaban J connectivity index is 0.00000133. The van der Waals surface area contributed by atoms with Crippen LogP contribution in [-0.4, -0.2) is 24.6 Å². The Bertz CT molecular complexity index is 853. The van der Waals surface area contributed by atoms with Crippen LogP contribution in [0, 0.1) is 0 Å². The number of imidazole rings is 1. The molecular weight excluding hydrogens is 338 g/mol. The van der Waals surface area contributed by atoms with Gasteiger partial charge >= 0.3 is 5.69 Å². The first-order chi connectivity index (χ1) is 8.65. The van der Waals surface area contributed by atoms with E-state index in [1.165, 1.54) is 6.20 Å². The highest BCUT2D eigenvalue weighted by Gasteiger charge is 2.10. The predicted molar refractivity (Wildman–Crippen MR) is 74.6 cm³/mol. The highest BCUT2D eigenvalue weighted by atomic mass is 79.9. The first-order valence-corrected chi connectivity index (χ1v) is 5.77. The lowest BCUT2D eigenvalue weighted by molar-refractivity contribution is 0.930. The summed E-state index contributed by atoms with van der Waals surface area (Å²) in [5.74, 6) is 0. The second-order valence-corrected chi connectivity index (χ2v) is 4.41. The molecule has 0 aliphatic rings. The average Bonchev–Trinajstić information content (AvgIpc) is 2.77. The molecular formula is C10H7BrClN5O2. The van der Waals surface area contributed by atoms with Crippen LogP contribution in [0.1, 0.15) is 0 Å². The summed E-state index contributed by atoms with van der Waals surface area (Å²) >= 11 is 3.36. The van der Waals surface area contributed by atoms with Gasteiger partial charge in [-0.15, -0.1) is 12.4 Å². The van der Waals surface area contributed by atoms with Crippen molar-refractivity contribution < 1.29 is 0 Å². The van der Waals surface area contributed by atoms with Crippen molar-refractivity contribution in [2.75, 3.05) is 0 Å². The second-order valence-electron chi connectivity index (χ2n) is 3.56. The van der Waals surface area contributed by atoms with Crippen LogP contribution in [0.15, 0.2) is 38.7 Å². The van der Waals surface area contributed by atoms with Crippen molar-refractivity contribution in [3.63, 3.8) is 0 Å². The topological polar surface area (TPSA) is 95.9 Å². The summed E-state index contributed by atoms with van der Waals surface area (Å²) in [5.41, 5.74) is 0.333. The Kier molecular flexibility index (Phi) is 3.54. The molecule has 19 heavy (non-hydrogen) atoms. The van der Waals surface area contributed by atoms with E-state index in [1.54, 1.807) is 23.0 Å². The van der Waals surface area contributed by atoms with Gasteiger partial charge in [0.1, 0.15) is 0 Å². The third kappa shape index (κ3) is 2.32. The zero-order valence-electron chi connectivity index (χ0n) is 9.25. The van der Waals surface area contributed by atoms with Gasteiger partial charge in [-0.1, -0.05) is 0 Å². The van der Waals surface area contributed by atoms with Crippen LogP contribution in [0.3, 0.4) is 0 Å². The number of hydrogen-bond donors (Lipinski definition) is 2. The Morgan fingerprint density at radius 2 is 2.11 bits per heavy atom. The highest BCUT2D eigenvalue weighted by molar-refractivity contribution is 9.10. The summed E-state index contributed by atoms with van der Waals surface area (Å²) in [7, 11) is 0. The van der Waals surface area contributed by atoms with Crippen LogP contribution < -0.4 is 11.2 Å². The minimum atomic E-state index is -0.550. The van der Waals surface area contributed by atoms with Gasteiger partial charge in [-0.2, -0.15) is 5.10 Å². The second kappa shape index (κ2) is 4.98. The zero-order valence-corrected chi connectivity index (χ0v) is 11.7. The van der Waals surface area contributed by atoms with Crippen LogP contribution in [0.4, 0.5) is 0 Å². The van der Waals surface area contributed by atoms with E-state index in [-0.39, 0.29) is 18.0 Å². The fourth-order valence-electron chi connectivity index (χ4n) is 1.61. The Labute approximate surface area is 120 Å². The van der Waals surface area contributed by atoms with Gasteiger partial charge in [-0.25, -0.2) is 14.3 Å². The Morgan fingerprint density at radius 1 is 1.32 bits per heavy atom. The molecule has 0 aliphatic carbocycles. The molecule has 0 saturated carbocycles. The third-order valence-electron chi connectivity index (χ3n) is 2.41. The van der Waals surface area contributed by atoms with E-state index in [0.29, 0.717) is 15.8 Å². The van der Waals surface area contributed by atoms with Crippen molar-refractivity contribution in [2.45, 2.75) is 0 Å². The number of fused-ring (bicyclic) bond motifs is 1. The summed E-state index contributed by atoms with van der Waals surface area (Å²) in [6, 6.07) is 1.67. The molecule has 0 atom stereocenters. The minimum Gasteiger partial charge on any atom is -0.313 e. The molecule has 0 amide bonds. The maximum Gasteiger partial charge on any atom is 0.325 e. The van der Waals surface area contributed by atoms with Crippen molar-refractivity contribution in [2.24, 2.45) is 0 Å². The third-order valence-corrected chi connectivity index (χ3v) is 2.99. The molecule has 3 rings (SSSR count). The maximum absolute atomic E-state index is 11.7. The van der Waals surface area contributed by atoms with Crippen LogP contribution >= 0.6 is 28.3 Å². The van der Waals surface area contributed by atoms with E-state index >= 15 is 0 Å². The van der Waals surface area contributed by atoms with Crippen molar-refractivity contribution in [3.8, 4) is 11.3 Å². The molecule has 0 aromatic carbocycles. The molecule has 3 aromatic heterocycles. The largest absolute Gasteiger partial charge is 0.325 e. The lowest BCUT2D eigenvalue weighted by Crippen LogP contribution is -2.23. The molecule has 0 bridgehead atoms. The van der Waals surface area contributed by atoms with Gasteiger partial charge in [-0.05, 0) is 22.0 Å². The van der Waals surface area contributed by atoms with Crippen LogP contribution in [0.2, 0.25) is 0 Å². The van der Waals surface area contributed by atoms with Crippen molar-refractivity contribution in [3.05, 3.63) is 50.0 Å². The van der Waals surface area contributed by atoms with Crippen LogP contribution in [0.25, 0.3) is 16.9 Å². The molecule has 0 saturated heterocycles. The van der Waals surface area contributed by atoms with E-state index < -0.39 is 11.2 Å². The first-order valence-electron chi connectivity index (χ1n) is 4.97. The highest BCUT2D eigenvalue weighted by Crippen LogP contribution is 2.20. The van der Waals surface area contributed by atoms with Gasteiger partial charge in [0, 0.05) is 18.6 Å². The van der Waals surface area contributed by atoms with Crippen molar-refractivity contribution in [1.29, 1.82) is 0 Å². The molecule has 0 radical (unpaired) electrons. The Hall–Kier alpha value is -1.93. The smallest absolute Gasteiger partial charge is 0.313 e. The van der Waals surface area contributed by atoms with Gasteiger partial charge in [0.25, 0.3) is 5.56 Å². The molecule has 2 N–H and O–H groups in total. The van der Waals surface area contributed by atoms with E-state index in [4.69, 9.17) is 0 Å². The number of nitrogens with one attached hydrogen (secondary N) is 2. The van der Waals surface area contributed by atoms with Crippen LogP contribution in [-0.2, 0) is 0 Å². The molecule has 3 heterocycles. The summed E-state index contributed by atoms with van der Waals surface area (Å²) < 4.78 is 2.26. The molecule has 3 aromatic rings. The number of rotatable bonds is 1. The van der Waals surface area contributed by atoms with Crippen molar-refractivity contribution in [1.82, 2.24) is 24.6 Å². The lowest BCUT2D eigenvalue weighted by atomic mass is 10.2. The van der Waals surface area contributed by atoms with Gasteiger partial charge in [0.05, 0.1) is 15.7 Å².